The van der Waals surface area contributed by atoms with E-state index in [0.29, 0.717) is 0 Å². The molecule has 1 aromatic rings. The topological polar surface area (TPSA) is 20.3 Å². The molecule has 0 aliphatic carbocycles. The molecule has 0 radical (unpaired) electrons. The minimum absolute atomic E-state index is 0.0570. The molecule has 0 fully saturated rings. The van der Waals surface area contributed by atoms with Crippen molar-refractivity contribution in [2.75, 3.05) is 13.1 Å². The van der Waals surface area contributed by atoms with Crippen LogP contribution in [0, 0.1) is 5.82 Å². The number of carbonyl (C=O) groups is 1. The van der Waals surface area contributed by atoms with Gasteiger partial charge >= 0.3 is 6.18 Å². The van der Waals surface area contributed by atoms with Crippen LogP contribution in [0.25, 0.3) is 0 Å². The molecule has 1 aliphatic rings. The molecule has 0 atom stereocenters. The normalized spacial score (nSPS) is 16.2. The predicted octanol–water partition coefficient (Wildman–Crippen LogP) is 3.16. The van der Waals surface area contributed by atoms with Crippen molar-refractivity contribution in [2.45, 2.75) is 12.6 Å². The lowest BCUT2D eigenvalue weighted by Crippen LogP contribution is -2.37. The van der Waals surface area contributed by atoms with Crippen LogP contribution in [0.3, 0.4) is 0 Å². The monoisotopic (exact) mass is 273 g/mol. The summed E-state index contributed by atoms with van der Waals surface area (Å²) in [5, 5.41) is 0. The lowest BCUT2D eigenvalue weighted by Gasteiger charge is -2.27. The van der Waals surface area contributed by atoms with E-state index in [2.05, 4.69) is 0 Å². The Morgan fingerprint density at radius 1 is 1.21 bits per heavy atom. The third kappa shape index (κ3) is 2.94. The average molecular weight is 273 g/mol. The Kier molecular flexibility index (Phi) is 3.59. The molecule has 2 rings (SSSR count). The molecule has 0 spiro atoms. The van der Waals surface area contributed by atoms with Crippen LogP contribution in [0.1, 0.15) is 16.8 Å². The molecule has 0 saturated heterocycles. The van der Waals surface area contributed by atoms with Crippen molar-refractivity contribution in [2.24, 2.45) is 0 Å². The van der Waals surface area contributed by atoms with E-state index in [4.69, 9.17) is 0 Å². The van der Waals surface area contributed by atoms with Crippen molar-refractivity contribution in [3.05, 3.63) is 47.3 Å². The van der Waals surface area contributed by atoms with Crippen molar-refractivity contribution < 1.29 is 22.4 Å². The van der Waals surface area contributed by atoms with Gasteiger partial charge in [0.05, 0.1) is 5.56 Å². The van der Waals surface area contributed by atoms with Gasteiger partial charge in [0, 0.05) is 18.7 Å². The number of benzene rings is 1. The van der Waals surface area contributed by atoms with Crippen LogP contribution >= 0.6 is 0 Å². The van der Waals surface area contributed by atoms with Crippen LogP contribution < -0.4 is 0 Å². The molecular formula is C13H11F4NO. The molecular weight excluding hydrogens is 262 g/mol. The SMILES string of the molecule is O=C(c1ccccc1F)N1CC=C(C(F)(F)F)CC1. The average Bonchev–Trinajstić information content (AvgIpc) is 2.38. The van der Waals surface area contributed by atoms with Gasteiger partial charge in [0.25, 0.3) is 5.91 Å². The first-order valence-electron chi connectivity index (χ1n) is 5.69. The predicted molar refractivity (Wildman–Crippen MR) is 61.1 cm³/mol. The number of alkyl halides is 3. The summed E-state index contributed by atoms with van der Waals surface area (Å²) in [6.45, 7) is -0.208. The summed E-state index contributed by atoms with van der Waals surface area (Å²) in [4.78, 5) is 13.2. The molecule has 0 bridgehead atoms. The lowest BCUT2D eigenvalue weighted by atomic mass is 10.1. The summed E-state index contributed by atoms with van der Waals surface area (Å²) >= 11 is 0. The van der Waals surface area contributed by atoms with Gasteiger partial charge < -0.3 is 4.90 Å². The van der Waals surface area contributed by atoms with Crippen LogP contribution in [0.4, 0.5) is 17.6 Å². The van der Waals surface area contributed by atoms with Gasteiger partial charge in [-0.15, -0.1) is 0 Å². The highest BCUT2D eigenvalue weighted by Crippen LogP contribution is 2.30. The van der Waals surface area contributed by atoms with Gasteiger partial charge in [0.1, 0.15) is 5.82 Å². The van der Waals surface area contributed by atoms with E-state index in [1.165, 1.54) is 23.1 Å². The molecule has 0 saturated carbocycles. The van der Waals surface area contributed by atoms with Crippen LogP contribution in [-0.4, -0.2) is 30.1 Å². The number of hydrogen-bond acceptors (Lipinski definition) is 1. The highest BCUT2D eigenvalue weighted by molar-refractivity contribution is 5.94. The first-order valence-corrected chi connectivity index (χ1v) is 5.69. The third-order valence-electron chi connectivity index (χ3n) is 2.96. The van der Waals surface area contributed by atoms with Crippen LogP contribution in [0.5, 0.6) is 0 Å². The molecule has 19 heavy (non-hydrogen) atoms. The number of hydrogen-bond donors (Lipinski definition) is 0. The van der Waals surface area contributed by atoms with Gasteiger partial charge in [-0.2, -0.15) is 13.2 Å². The van der Waals surface area contributed by atoms with E-state index in [-0.39, 0.29) is 25.1 Å². The molecule has 0 N–H and O–H groups in total. The van der Waals surface area contributed by atoms with E-state index >= 15 is 0 Å². The smallest absolute Gasteiger partial charge is 0.334 e. The van der Waals surface area contributed by atoms with Gasteiger partial charge in [-0.3, -0.25) is 4.79 Å². The highest BCUT2D eigenvalue weighted by atomic mass is 19.4. The van der Waals surface area contributed by atoms with Crippen LogP contribution in [-0.2, 0) is 0 Å². The van der Waals surface area contributed by atoms with Gasteiger partial charge in [0.15, 0.2) is 0 Å². The van der Waals surface area contributed by atoms with Crippen LogP contribution in [0.15, 0.2) is 35.9 Å². The standard InChI is InChI=1S/C13H11F4NO/c14-11-4-2-1-3-10(11)12(19)18-7-5-9(6-8-18)13(15,16)17/h1-5H,6-8H2. The summed E-state index contributed by atoms with van der Waals surface area (Å²) in [5.74, 6) is -1.26. The molecule has 1 aromatic carbocycles. The molecule has 1 aliphatic heterocycles. The maximum atomic E-state index is 13.4. The van der Waals surface area contributed by atoms with Crippen molar-refractivity contribution >= 4 is 5.91 Å². The first-order chi connectivity index (χ1) is 8.89. The summed E-state index contributed by atoms with van der Waals surface area (Å²) in [7, 11) is 0. The summed E-state index contributed by atoms with van der Waals surface area (Å²) in [6, 6.07) is 5.43. The number of amides is 1. The van der Waals surface area contributed by atoms with Crippen molar-refractivity contribution in [1.29, 1.82) is 0 Å². The van der Waals surface area contributed by atoms with E-state index in [0.717, 1.165) is 12.1 Å². The molecule has 0 unspecified atom stereocenters. The second-order valence-corrected chi connectivity index (χ2v) is 4.21. The fourth-order valence-electron chi connectivity index (χ4n) is 1.92. The molecule has 2 nitrogen and oxygen atoms in total. The van der Waals surface area contributed by atoms with Crippen molar-refractivity contribution in [1.82, 2.24) is 4.90 Å². The van der Waals surface area contributed by atoms with Gasteiger partial charge in [-0.05, 0) is 18.6 Å². The summed E-state index contributed by atoms with van der Waals surface area (Å²) < 4.78 is 50.7. The van der Waals surface area contributed by atoms with Crippen LogP contribution in [0.2, 0.25) is 0 Å². The largest absolute Gasteiger partial charge is 0.412 e. The quantitative estimate of drug-likeness (QED) is 0.568. The number of nitrogens with zero attached hydrogens (tertiary/aromatic N) is 1. The van der Waals surface area contributed by atoms with Gasteiger partial charge in [-0.1, -0.05) is 18.2 Å². The van der Waals surface area contributed by atoms with Gasteiger partial charge in [0.2, 0.25) is 0 Å². The molecule has 1 amide bonds. The fraction of sp³-hybridized carbons (Fsp3) is 0.308. The summed E-state index contributed by atoms with van der Waals surface area (Å²) in [5.41, 5.74) is -0.753. The zero-order valence-corrected chi connectivity index (χ0v) is 9.88. The highest BCUT2D eigenvalue weighted by Gasteiger charge is 2.35. The maximum Gasteiger partial charge on any atom is 0.412 e. The number of halogens is 4. The Morgan fingerprint density at radius 2 is 1.89 bits per heavy atom. The van der Waals surface area contributed by atoms with E-state index < -0.39 is 23.5 Å². The summed E-state index contributed by atoms with van der Waals surface area (Å²) in [6.07, 6.45) is -3.64. The number of carbonyl (C=O) groups excluding carboxylic acids is 1. The second-order valence-electron chi connectivity index (χ2n) is 4.21. The Bertz CT molecular complexity index is 522. The van der Waals surface area contributed by atoms with Crippen molar-refractivity contribution in [3.63, 3.8) is 0 Å². The lowest BCUT2D eigenvalue weighted by molar-refractivity contribution is -0.0957. The maximum absolute atomic E-state index is 13.4. The minimum atomic E-state index is -4.35. The van der Waals surface area contributed by atoms with Gasteiger partial charge in [-0.25, -0.2) is 4.39 Å². The zero-order valence-electron chi connectivity index (χ0n) is 9.88. The van der Waals surface area contributed by atoms with E-state index in [1.807, 2.05) is 0 Å². The molecule has 6 heteroatoms. The fourth-order valence-corrected chi connectivity index (χ4v) is 1.92. The third-order valence-corrected chi connectivity index (χ3v) is 2.96. The van der Waals surface area contributed by atoms with Crippen molar-refractivity contribution in [3.8, 4) is 0 Å². The molecule has 102 valence electrons. The minimum Gasteiger partial charge on any atom is -0.334 e. The Hall–Kier alpha value is -1.85. The molecule has 1 heterocycles. The first kappa shape index (κ1) is 13.6. The number of rotatable bonds is 1. The van der Waals surface area contributed by atoms with E-state index in [9.17, 15) is 22.4 Å². The Labute approximate surface area is 107 Å². The molecule has 0 aromatic heterocycles. The van der Waals surface area contributed by atoms with E-state index in [1.54, 1.807) is 0 Å². The second kappa shape index (κ2) is 5.03. The Balaban J connectivity index is 2.13. The Morgan fingerprint density at radius 3 is 2.42 bits per heavy atom. The zero-order chi connectivity index (χ0) is 14.0.